The number of pyridine rings is 1. The molecule has 0 unspecified atom stereocenters. The zero-order valence-electron chi connectivity index (χ0n) is 11.0. The zero-order valence-corrected chi connectivity index (χ0v) is 11.0. The minimum absolute atomic E-state index is 0.203. The summed E-state index contributed by atoms with van der Waals surface area (Å²) in [6.07, 6.45) is 0. The van der Waals surface area contributed by atoms with Crippen LogP contribution >= 0.6 is 0 Å². The van der Waals surface area contributed by atoms with Gasteiger partial charge in [0.1, 0.15) is 17.5 Å². The molecule has 2 rings (SSSR count). The first-order valence-corrected chi connectivity index (χ1v) is 5.97. The molecule has 0 aliphatic rings. The molecule has 21 heavy (non-hydrogen) atoms. The Morgan fingerprint density at radius 2 is 1.76 bits per heavy atom. The second-order valence-electron chi connectivity index (χ2n) is 4.20. The Balaban J connectivity index is 2.04. The van der Waals surface area contributed by atoms with Crippen molar-refractivity contribution in [2.24, 2.45) is 0 Å². The van der Waals surface area contributed by atoms with E-state index in [2.05, 4.69) is 15.6 Å². The van der Waals surface area contributed by atoms with Crippen LogP contribution in [-0.2, 0) is 9.59 Å². The van der Waals surface area contributed by atoms with Crippen LogP contribution in [-0.4, -0.2) is 16.8 Å². The predicted octanol–water partition coefficient (Wildman–Crippen LogP) is 2.25. The molecule has 1 aromatic heterocycles. The monoisotopic (exact) mass is 291 g/mol. The van der Waals surface area contributed by atoms with Gasteiger partial charge in [0.2, 0.25) is 0 Å². The lowest BCUT2D eigenvalue weighted by Crippen LogP contribution is -2.29. The number of nitrogens with zero attached hydrogens (tertiary/aromatic N) is 1. The third-order valence-corrected chi connectivity index (χ3v) is 2.52. The number of nitrogens with one attached hydrogen (secondary N) is 2. The van der Waals surface area contributed by atoms with Crippen LogP contribution in [0.5, 0.6) is 0 Å². The Hall–Kier alpha value is -2.83. The summed E-state index contributed by atoms with van der Waals surface area (Å²) < 4.78 is 26.1. The molecule has 0 saturated carbocycles. The van der Waals surface area contributed by atoms with Gasteiger partial charge in [0.15, 0.2) is 0 Å². The molecule has 7 heteroatoms. The second-order valence-corrected chi connectivity index (χ2v) is 4.20. The lowest BCUT2D eigenvalue weighted by Gasteiger charge is -2.07. The zero-order chi connectivity index (χ0) is 15.4. The first-order valence-electron chi connectivity index (χ1n) is 5.97. The summed E-state index contributed by atoms with van der Waals surface area (Å²) in [7, 11) is 0. The molecule has 2 N–H and O–H groups in total. The average Bonchev–Trinajstić information content (AvgIpc) is 2.41. The molecule has 2 amide bonds. The number of hydrogen-bond acceptors (Lipinski definition) is 3. The quantitative estimate of drug-likeness (QED) is 0.834. The first-order chi connectivity index (χ1) is 9.95. The molecule has 0 radical (unpaired) electrons. The number of hydrogen-bond donors (Lipinski definition) is 2. The molecule has 5 nitrogen and oxygen atoms in total. The summed E-state index contributed by atoms with van der Waals surface area (Å²) in [6.45, 7) is 1.73. The van der Waals surface area contributed by atoms with Crippen molar-refractivity contribution in [3.05, 3.63) is 53.7 Å². The number of benzene rings is 1. The van der Waals surface area contributed by atoms with E-state index in [1.54, 1.807) is 19.1 Å². The van der Waals surface area contributed by atoms with Gasteiger partial charge < -0.3 is 10.6 Å². The molecule has 1 heterocycles. The van der Waals surface area contributed by atoms with Gasteiger partial charge in [-0.15, -0.1) is 0 Å². The number of aryl methyl sites for hydroxylation is 1. The predicted molar refractivity (Wildman–Crippen MR) is 72.6 cm³/mol. The minimum atomic E-state index is -1.08. The van der Waals surface area contributed by atoms with Crippen molar-refractivity contribution in [1.82, 2.24) is 4.98 Å². The van der Waals surface area contributed by atoms with Gasteiger partial charge in [0.05, 0.1) is 5.69 Å². The van der Waals surface area contributed by atoms with Crippen LogP contribution in [0.1, 0.15) is 5.69 Å². The largest absolute Gasteiger partial charge is 0.315 e. The summed E-state index contributed by atoms with van der Waals surface area (Å²) in [5.74, 6) is -3.63. The Morgan fingerprint density at radius 1 is 1.05 bits per heavy atom. The van der Waals surface area contributed by atoms with Crippen LogP contribution in [0.25, 0.3) is 0 Å². The van der Waals surface area contributed by atoms with E-state index in [1.165, 1.54) is 6.07 Å². The first kappa shape index (κ1) is 14.6. The fraction of sp³-hybridized carbons (Fsp3) is 0.0714. The van der Waals surface area contributed by atoms with E-state index in [4.69, 9.17) is 0 Å². The number of halogens is 2. The van der Waals surface area contributed by atoms with Gasteiger partial charge in [-0.05, 0) is 31.2 Å². The van der Waals surface area contributed by atoms with Crippen LogP contribution < -0.4 is 10.6 Å². The lowest BCUT2D eigenvalue weighted by atomic mass is 10.3. The standard InChI is InChI=1S/C14H11F2N3O2/c1-8-3-2-4-12(17-8)19-14(21)13(20)18-11-6-5-9(15)7-10(11)16/h2-7H,1H3,(H,18,20)(H,17,19,21). The Bertz CT molecular complexity index is 704. The highest BCUT2D eigenvalue weighted by Crippen LogP contribution is 2.14. The Kier molecular flexibility index (Phi) is 4.22. The Labute approximate surface area is 119 Å². The highest BCUT2D eigenvalue weighted by molar-refractivity contribution is 6.43. The summed E-state index contributed by atoms with van der Waals surface area (Å²) in [5.41, 5.74) is 0.381. The van der Waals surface area contributed by atoms with Crippen molar-refractivity contribution in [3.8, 4) is 0 Å². The fourth-order valence-electron chi connectivity index (χ4n) is 1.56. The highest BCUT2D eigenvalue weighted by Gasteiger charge is 2.16. The molecule has 108 valence electrons. The van der Waals surface area contributed by atoms with E-state index < -0.39 is 23.4 Å². The minimum Gasteiger partial charge on any atom is -0.315 e. The van der Waals surface area contributed by atoms with Gasteiger partial charge >= 0.3 is 11.8 Å². The van der Waals surface area contributed by atoms with Crippen molar-refractivity contribution in [2.45, 2.75) is 6.92 Å². The van der Waals surface area contributed by atoms with Crippen LogP contribution in [0.2, 0.25) is 0 Å². The van der Waals surface area contributed by atoms with Gasteiger partial charge in [0.25, 0.3) is 0 Å². The highest BCUT2D eigenvalue weighted by atomic mass is 19.1. The molecule has 0 spiro atoms. The van der Waals surface area contributed by atoms with Crippen LogP contribution in [0.15, 0.2) is 36.4 Å². The number of anilines is 2. The number of carbonyl (C=O) groups excluding carboxylic acids is 2. The topological polar surface area (TPSA) is 71.1 Å². The van der Waals surface area contributed by atoms with Gasteiger partial charge in [0, 0.05) is 11.8 Å². The van der Waals surface area contributed by atoms with Crippen LogP contribution in [0.3, 0.4) is 0 Å². The van der Waals surface area contributed by atoms with Crippen molar-refractivity contribution < 1.29 is 18.4 Å². The molecule has 0 bridgehead atoms. The molecule has 0 saturated heterocycles. The van der Waals surface area contributed by atoms with Crippen molar-refractivity contribution in [2.75, 3.05) is 10.6 Å². The second kappa shape index (κ2) is 6.08. The summed E-state index contributed by atoms with van der Waals surface area (Å²) in [6, 6.07) is 7.50. The summed E-state index contributed by atoms with van der Waals surface area (Å²) in [5, 5.41) is 4.33. The molecular formula is C14H11F2N3O2. The SMILES string of the molecule is Cc1cccc(NC(=O)C(=O)Nc2ccc(F)cc2F)n1. The third-order valence-electron chi connectivity index (χ3n) is 2.52. The third kappa shape index (κ3) is 3.82. The molecule has 0 aliphatic heterocycles. The number of aromatic nitrogens is 1. The lowest BCUT2D eigenvalue weighted by molar-refractivity contribution is -0.133. The fourth-order valence-corrected chi connectivity index (χ4v) is 1.56. The van der Waals surface area contributed by atoms with E-state index in [0.29, 0.717) is 11.8 Å². The van der Waals surface area contributed by atoms with Gasteiger partial charge in [-0.1, -0.05) is 6.07 Å². The van der Waals surface area contributed by atoms with E-state index >= 15 is 0 Å². The van der Waals surface area contributed by atoms with E-state index in [9.17, 15) is 18.4 Å². The van der Waals surface area contributed by atoms with Crippen LogP contribution in [0.4, 0.5) is 20.3 Å². The van der Waals surface area contributed by atoms with Crippen molar-refractivity contribution >= 4 is 23.3 Å². The maximum absolute atomic E-state index is 13.4. The van der Waals surface area contributed by atoms with Gasteiger partial charge in [-0.25, -0.2) is 13.8 Å². The number of rotatable bonds is 2. The molecule has 1 aromatic carbocycles. The van der Waals surface area contributed by atoms with E-state index in [1.807, 2.05) is 0 Å². The number of carbonyl (C=O) groups is 2. The smallest absolute Gasteiger partial charge is 0.315 e. The molecular weight excluding hydrogens is 280 g/mol. The number of amides is 2. The maximum atomic E-state index is 13.4. The maximum Gasteiger partial charge on any atom is 0.315 e. The average molecular weight is 291 g/mol. The van der Waals surface area contributed by atoms with Crippen LogP contribution in [0, 0.1) is 18.6 Å². The molecule has 0 aliphatic carbocycles. The van der Waals surface area contributed by atoms with Crippen molar-refractivity contribution in [1.29, 1.82) is 0 Å². The van der Waals surface area contributed by atoms with Gasteiger partial charge in [-0.3, -0.25) is 9.59 Å². The molecule has 0 fully saturated rings. The van der Waals surface area contributed by atoms with E-state index in [-0.39, 0.29) is 11.5 Å². The normalized spacial score (nSPS) is 10.0. The summed E-state index contributed by atoms with van der Waals surface area (Å²) in [4.78, 5) is 27.3. The Morgan fingerprint density at radius 3 is 2.43 bits per heavy atom. The summed E-state index contributed by atoms with van der Waals surface area (Å²) >= 11 is 0. The van der Waals surface area contributed by atoms with Gasteiger partial charge in [-0.2, -0.15) is 0 Å². The molecule has 2 aromatic rings. The molecule has 0 atom stereocenters. The van der Waals surface area contributed by atoms with E-state index in [0.717, 1.165) is 12.1 Å². The van der Waals surface area contributed by atoms with Crippen molar-refractivity contribution in [3.63, 3.8) is 0 Å².